The van der Waals surface area contributed by atoms with Crippen LogP contribution in [0.5, 0.6) is 0 Å². The highest BCUT2D eigenvalue weighted by Crippen LogP contribution is 2.34. The van der Waals surface area contributed by atoms with E-state index >= 15 is 0 Å². The predicted molar refractivity (Wildman–Crippen MR) is 134 cm³/mol. The third-order valence-electron chi connectivity index (χ3n) is 7.98. The van der Waals surface area contributed by atoms with Crippen LogP contribution in [0.15, 0.2) is 0 Å². The fraction of sp³-hybridized carbons (Fsp3) is 0.875. The second-order valence-electron chi connectivity index (χ2n) is 11.0. The number of hydrogen-bond donors (Lipinski definition) is 12. The molecule has 4 saturated heterocycles. The standard InChI is InChI=1S/C24H36O23/c1-40-12-5(26)9(30)23(45-15(12)18(33)34)43-14-7(28)11(32)24(47-17(14)20(37)38)44-13-6(27)10(31)22(46-16(13)19(35)36)42-3-2-41-21(39)8(29)4(3)25/h3-17,21-32,39H,2H2,1H3,(H,33,34)(H,35,36)(H,37,38)/t3-,4-,5?,6?,7-,8?,9?,10?,11?,12?,13?,14?,15-,16?,17?,21?,22?,23?,24?/m1/s1. The first-order valence-electron chi connectivity index (χ1n) is 13.9. The normalized spacial score (nSPS) is 49.3. The molecule has 0 aromatic heterocycles. The minimum atomic E-state index is -2.33. The van der Waals surface area contributed by atoms with Crippen LogP contribution in [-0.4, -0.2) is 210 Å². The monoisotopic (exact) mass is 692 g/mol. The number of ether oxygens (including phenoxy) is 8. The molecule has 0 aliphatic carbocycles. The maximum Gasteiger partial charge on any atom is 0.335 e. The molecule has 4 fully saturated rings. The molecule has 0 saturated carbocycles. The number of rotatable bonds is 10. The van der Waals surface area contributed by atoms with Crippen molar-refractivity contribution in [1.29, 1.82) is 0 Å². The fourth-order valence-corrected chi connectivity index (χ4v) is 5.39. The van der Waals surface area contributed by atoms with E-state index < -0.39 is 141 Å². The van der Waals surface area contributed by atoms with Crippen LogP contribution in [0, 0.1) is 0 Å². The van der Waals surface area contributed by atoms with Gasteiger partial charge in [-0.1, -0.05) is 0 Å². The van der Waals surface area contributed by atoms with E-state index in [4.69, 9.17) is 37.9 Å². The average molecular weight is 693 g/mol. The molecule has 23 heteroatoms. The van der Waals surface area contributed by atoms with Gasteiger partial charge in [-0.15, -0.1) is 0 Å². The number of carbonyl (C=O) groups is 3. The van der Waals surface area contributed by atoms with Gasteiger partial charge in [0.15, 0.2) is 43.5 Å². The molecule has 0 aromatic carbocycles. The smallest absolute Gasteiger partial charge is 0.335 e. The minimum Gasteiger partial charge on any atom is -0.479 e. The Balaban J connectivity index is 1.49. The lowest BCUT2D eigenvalue weighted by molar-refractivity contribution is -0.376. The zero-order valence-electron chi connectivity index (χ0n) is 24.0. The van der Waals surface area contributed by atoms with Crippen LogP contribution in [0.25, 0.3) is 0 Å². The van der Waals surface area contributed by atoms with Gasteiger partial charge in [-0.2, -0.15) is 0 Å². The van der Waals surface area contributed by atoms with Crippen molar-refractivity contribution in [1.82, 2.24) is 0 Å². The van der Waals surface area contributed by atoms with Crippen molar-refractivity contribution in [2.24, 2.45) is 0 Å². The molecule has 47 heavy (non-hydrogen) atoms. The molecule has 0 bridgehead atoms. The molecule has 0 radical (unpaired) electrons. The lowest BCUT2D eigenvalue weighted by Crippen LogP contribution is -2.68. The van der Waals surface area contributed by atoms with Crippen LogP contribution in [0.2, 0.25) is 0 Å². The Morgan fingerprint density at radius 3 is 1.26 bits per heavy atom. The van der Waals surface area contributed by atoms with Gasteiger partial charge in [0, 0.05) is 7.11 Å². The van der Waals surface area contributed by atoms with Crippen LogP contribution in [0.4, 0.5) is 0 Å². The van der Waals surface area contributed by atoms with Crippen molar-refractivity contribution < 1.29 is 114 Å². The van der Waals surface area contributed by atoms with Crippen LogP contribution < -0.4 is 0 Å². The summed E-state index contributed by atoms with van der Waals surface area (Å²) >= 11 is 0. The van der Waals surface area contributed by atoms with E-state index in [-0.39, 0.29) is 0 Å². The van der Waals surface area contributed by atoms with E-state index in [1.54, 1.807) is 0 Å². The van der Waals surface area contributed by atoms with Crippen molar-refractivity contribution >= 4 is 17.9 Å². The van der Waals surface area contributed by atoms with Crippen LogP contribution >= 0.6 is 0 Å². The van der Waals surface area contributed by atoms with E-state index in [0.717, 1.165) is 7.11 Å². The average Bonchev–Trinajstić information content (AvgIpc) is 3.01. The van der Waals surface area contributed by atoms with Gasteiger partial charge in [-0.3, -0.25) is 0 Å². The van der Waals surface area contributed by atoms with Gasteiger partial charge in [-0.05, 0) is 0 Å². The third kappa shape index (κ3) is 7.51. The SMILES string of the molecule is COC1C(O)C(O)C(OC2C(C(=O)O)OC(OC3C(C(=O)O)OC(O[C@@H]4COC(O)C(O)[C@@H]4O)C(O)C3O)C(O)[C@H]2O)O[C@H]1C(=O)O. The minimum absolute atomic E-state index is 0.564. The van der Waals surface area contributed by atoms with Gasteiger partial charge in [-0.25, -0.2) is 14.4 Å². The number of carboxylic acids is 3. The lowest BCUT2D eigenvalue weighted by atomic mass is 9.95. The molecule has 19 atom stereocenters. The zero-order chi connectivity index (χ0) is 35.1. The van der Waals surface area contributed by atoms with Crippen molar-refractivity contribution in [3.63, 3.8) is 0 Å². The van der Waals surface area contributed by atoms with E-state index in [9.17, 15) is 75.7 Å². The summed E-state index contributed by atoms with van der Waals surface area (Å²) in [7, 11) is 1.01. The second kappa shape index (κ2) is 15.1. The summed E-state index contributed by atoms with van der Waals surface area (Å²) in [5.41, 5.74) is 0. The largest absolute Gasteiger partial charge is 0.479 e. The highest BCUT2D eigenvalue weighted by molar-refractivity contribution is 5.74. The van der Waals surface area contributed by atoms with Crippen molar-refractivity contribution in [3.8, 4) is 0 Å². The van der Waals surface area contributed by atoms with Crippen LogP contribution in [0.3, 0.4) is 0 Å². The van der Waals surface area contributed by atoms with Gasteiger partial charge < -0.3 is 99.2 Å². The van der Waals surface area contributed by atoms with E-state index in [1.807, 2.05) is 0 Å². The maximum absolute atomic E-state index is 12.1. The number of aliphatic hydroxyl groups is 9. The van der Waals surface area contributed by atoms with E-state index in [0.29, 0.717) is 0 Å². The molecule has 4 aliphatic rings. The van der Waals surface area contributed by atoms with Crippen molar-refractivity contribution in [3.05, 3.63) is 0 Å². The molecule has 12 N–H and O–H groups in total. The van der Waals surface area contributed by atoms with Crippen molar-refractivity contribution in [2.75, 3.05) is 13.7 Å². The van der Waals surface area contributed by atoms with Gasteiger partial charge in [0.05, 0.1) is 6.61 Å². The summed E-state index contributed by atoms with van der Waals surface area (Å²) in [6.45, 7) is -0.564. The molecule has 270 valence electrons. The molecule has 23 nitrogen and oxygen atoms in total. The molecule has 15 unspecified atom stereocenters. The van der Waals surface area contributed by atoms with Crippen molar-refractivity contribution in [2.45, 2.75) is 117 Å². The number of aliphatic carboxylic acids is 3. The molecular formula is C24H36O23. The van der Waals surface area contributed by atoms with Crippen LogP contribution in [-0.2, 0) is 52.3 Å². The molecule has 4 aliphatic heterocycles. The summed E-state index contributed by atoms with van der Waals surface area (Å²) in [6, 6.07) is 0. The molecule has 0 amide bonds. The number of carboxylic acid groups (broad SMARTS) is 3. The number of hydrogen-bond acceptors (Lipinski definition) is 20. The van der Waals surface area contributed by atoms with Crippen LogP contribution in [0.1, 0.15) is 0 Å². The Bertz CT molecular complexity index is 1110. The van der Waals surface area contributed by atoms with E-state index in [2.05, 4.69) is 0 Å². The first kappa shape index (κ1) is 37.5. The first-order chi connectivity index (χ1) is 22.0. The quantitative estimate of drug-likeness (QED) is 0.101. The first-order valence-corrected chi connectivity index (χ1v) is 13.9. The predicted octanol–water partition coefficient (Wildman–Crippen LogP) is -8.18. The highest BCUT2D eigenvalue weighted by atomic mass is 16.8. The van der Waals surface area contributed by atoms with Gasteiger partial charge in [0.2, 0.25) is 0 Å². The Labute approximate surface area is 262 Å². The Morgan fingerprint density at radius 2 is 0.872 bits per heavy atom. The van der Waals surface area contributed by atoms with Gasteiger partial charge in [0.25, 0.3) is 0 Å². The topological polar surface area (TPSA) is 368 Å². The Morgan fingerprint density at radius 1 is 0.511 bits per heavy atom. The zero-order valence-corrected chi connectivity index (χ0v) is 24.0. The summed E-state index contributed by atoms with van der Waals surface area (Å²) in [6.07, 6.45) is -38.9. The summed E-state index contributed by atoms with van der Waals surface area (Å²) in [4.78, 5) is 35.7. The summed E-state index contributed by atoms with van der Waals surface area (Å²) < 4.78 is 41.0. The molecule has 4 heterocycles. The summed E-state index contributed by atoms with van der Waals surface area (Å²) in [5, 5.41) is 122. The third-order valence-corrected chi connectivity index (χ3v) is 7.98. The summed E-state index contributed by atoms with van der Waals surface area (Å²) in [5.74, 6) is -5.42. The highest BCUT2D eigenvalue weighted by Gasteiger charge is 2.57. The second-order valence-corrected chi connectivity index (χ2v) is 11.0. The molecular weight excluding hydrogens is 656 g/mol. The molecule has 0 spiro atoms. The Hall–Kier alpha value is -2.27. The van der Waals surface area contributed by atoms with Gasteiger partial charge in [0.1, 0.15) is 73.2 Å². The number of aliphatic hydroxyl groups excluding tert-OH is 9. The van der Waals surface area contributed by atoms with E-state index in [1.165, 1.54) is 0 Å². The fourth-order valence-electron chi connectivity index (χ4n) is 5.39. The number of methoxy groups -OCH3 is 1. The Kier molecular flexibility index (Phi) is 12.1. The van der Waals surface area contributed by atoms with Gasteiger partial charge >= 0.3 is 17.9 Å². The maximum atomic E-state index is 12.1. The lowest BCUT2D eigenvalue weighted by Gasteiger charge is -2.47. The molecule has 0 aromatic rings. The molecule has 4 rings (SSSR count).